The number of halogens is 1. The first kappa shape index (κ1) is 21.5. The first-order valence-electron chi connectivity index (χ1n) is 10.5. The Hall–Kier alpha value is -2.76. The smallest absolute Gasteiger partial charge is 0.289 e. The molecule has 31 heavy (non-hydrogen) atoms. The number of carbonyl (C=O) groups excluding carboxylic acids is 1. The average Bonchev–Trinajstić information content (AvgIpc) is 3.24. The van der Waals surface area contributed by atoms with Crippen LogP contribution in [0, 0.1) is 13.8 Å². The third kappa shape index (κ3) is 5.30. The van der Waals surface area contributed by atoms with Gasteiger partial charge >= 0.3 is 0 Å². The SMILES string of the molecule is Cc1ccccc1CN1CCN(C(=O)c2ccc(COc3ccc(Cl)cc3C)o2)CC1. The highest BCUT2D eigenvalue weighted by Crippen LogP contribution is 2.23. The fourth-order valence-corrected chi connectivity index (χ4v) is 4.01. The van der Waals surface area contributed by atoms with E-state index < -0.39 is 0 Å². The predicted molar refractivity (Wildman–Crippen MR) is 122 cm³/mol. The fraction of sp³-hybridized carbons (Fsp3) is 0.320. The van der Waals surface area contributed by atoms with Gasteiger partial charge in [-0.25, -0.2) is 0 Å². The lowest BCUT2D eigenvalue weighted by Gasteiger charge is -2.34. The van der Waals surface area contributed by atoms with Crippen LogP contribution in [-0.2, 0) is 13.2 Å². The van der Waals surface area contributed by atoms with E-state index in [-0.39, 0.29) is 12.5 Å². The van der Waals surface area contributed by atoms with Gasteiger partial charge in [-0.05, 0) is 60.9 Å². The molecule has 162 valence electrons. The van der Waals surface area contributed by atoms with E-state index in [1.807, 2.05) is 24.0 Å². The van der Waals surface area contributed by atoms with Crippen molar-refractivity contribution in [1.29, 1.82) is 0 Å². The highest BCUT2D eigenvalue weighted by molar-refractivity contribution is 6.30. The Labute approximate surface area is 188 Å². The molecule has 0 unspecified atom stereocenters. The third-order valence-corrected chi connectivity index (χ3v) is 5.93. The minimum atomic E-state index is -0.0653. The maximum Gasteiger partial charge on any atom is 0.289 e. The molecule has 0 bridgehead atoms. The van der Waals surface area contributed by atoms with E-state index in [4.69, 9.17) is 20.8 Å². The third-order valence-electron chi connectivity index (χ3n) is 5.69. The molecule has 0 saturated carbocycles. The largest absolute Gasteiger partial charge is 0.485 e. The summed E-state index contributed by atoms with van der Waals surface area (Å²) >= 11 is 5.98. The van der Waals surface area contributed by atoms with Crippen LogP contribution in [0.2, 0.25) is 5.02 Å². The summed E-state index contributed by atoms with van der Waals surface area (Å²) in [6.07, 6.45) is 0. The summed E-state index contributed by atoms with van der Waals surface area (Å²) in [5.41, 5.74) is 3.60. The van der Waals surface area contributed by atoms with Crippen molar-refractivity contribution < 1.29 is 13.9 Å². The van der Waals surface area contributed by atoms with Gasteiger partial charge in [-0.1, -0.05) is 35.9 Å². The van der Waals surface area contributed by atoms with Crippen molar-refractivity contribution in [2.75, 3.05) is 26.2 Å². The van der Waals surface area contributed by atoms with Crippen molar-refractivity contribution in [3.63, 3.8) is 0 Å². The maximum atomic E-state index is 12.9. The van der Waals surface area contributed by atoms with Gasteiger partial charge in [0.15, 0.2) is 5.76 Å². The molecule has 1 fully saturated rings. The van der Waals surface area contributed by atoms with Crippen LogP contribution in [0.3, 0.4) is 0 Å². The molecule has 1 saturated heterocycles. The number of furan rings is 1. The van der Waals surface area contributed by atoms with E-state index in [0.717, 1.165) is 30.9 Å². The molecule has 0 N–H and O–H groups in total. The van der Waals surface area contributed by atoms with E-state index >= 15 is 0 Å². The second kappa shape index (κ2) is 9.58. The van der Waals surface area contributed by atoms with Crippen LogP contribution in [-0.4, -0.2) is 41.9 Å². The lowest BCUT2D eigenvalue weighted by atomic mass is 10.1. The van der Waals surface area contributed by atoms with Gasteiger partial charge in [0.2, 0.25) is 0 Å². The molecule has 0 aliphatic carbocycles. The van der Waals surface area contributed by atoms with Crippen molar-refractivity contribution in [1.82, 2.24) is 9.80 Å². The highest BCUT2D eigenvalue weighted by Gasteiger charge is 2.24. The summed E-state index contributed by atoms with van der Waals surface area (Å²) in [6.45, 7) is 8.36. The van der Waals surface area contributed by atoms with Gasteiger partial charge in [0.25, 0.3) is 5.91 Å². The molecule has 5 nitrogen and oxygen atoms in total. The summed E-state index contributed by atoms with van der Waals surface area (Å²) in [7, 11) is 0. The second-order valence-corrected chi connectivity index (χ2v) is 8.40. The van der Waals surface area contributed by atoms with Crippen molar-refractivity contribution in [2.24, 2.45) is 0 Å². The number of hydrogen-bond donors (Lipinski definition) is 0. The van der Waals surface area contributed by atoms with Gasteiger partial charge in [0.1, 0.15) is 18.1 Å². The minimum Gasteiger partial charge on any atom is -0.485 e. The zero-order chi connectivity index (χ0) is 21.8. The van der Waals surface area contributed by atoms with Crippen LogP contribution in [0.5, 0.6) is 5.75 Å². The highest BCUT2D eigenvalue weighted by atomic mass is 35.5. The minimum absolute atomic E-state index is 0.0653. The Morgan fingerprint density at radius 1 is 1.00 bits per heavy atom. The van der Waals surface area contributed by atoms with Crippen LogP contribution in [0.1, 0.15) is 33.0 Å². The first-order valence-corrected chi connectivity index (χ1v) is 10.9. The van der Waals surface area contributed by atoms with Gasteiger partial charge in [0, 0.05) is 37.7 Å². The second-order valence-electron chi connectivity index (χ2n) is 7.96. The van der Waals surface area contributed by atoms with Crippen LogP contribution >= 0.6 is 11.6 Å². The number of ether oxygens (including phenoxy) is 1. The predicted octanol–water partition coefficient (Wildman–Crippen LogP) is 5.09. The van der Waals surface area contributed by atoms with Gasteiger partial charge in [0.05, 0.1) is 0 Å². The van der Waals surface area contributed by atoms with E-state index in [0.29, 0.717) is 29.6 Å². The van der Waals surface area contributed by atoms with Crippen molar-refractivity contribution in [2.45, 2.75) is 27.0 Å². The van der Waals surface area contributed by atoms with Crippen LogP contribution in [0.15, 0.2) is 59.0 Å². The summed E-state index contributed by atoms with van der Waals surface area (Å²) in [5, 5.41) is 0.676. The molecule has 0 atom stereocenters. The zero-order valence-corrected chi connectivity index (χ0v) is 18.7. The summed E-state index contributed by atoms with van der Waals surface area (Å²) in [5.74, 6) is 1.66. The van der Waals surface area contributed by atoms with E-state index in [1.165, 1.54) is 11.1 Å². The molecule has 1 aromatic heterocycles. The van der Waals surface area contributed by atoms with Crippen LogP contribution in [0.4, 0.5) is 0 Å². The number of aryl methyl sites for hydroxylation is 2. The molecule has 2 heterocycles. The number of amides is 1. The number of hydrogen-bond acceptors (Lipinski definition) is 4. The van der Waals surface area contributed by atoms with Gasteiger partial charge in [-0.2, -0.15) is 0 Å². The first-order chi connectivity index (χ1) is 15.0. The van der Waals surface area contributed by atoms with Crippen molar-refractivity contribution in [3.8, 4) is 5.75 Å². The van der Waals surface area contributed by atoms with E-state index in [2.05, 4.69) is 36.1 Å². The number of rotatable bonds is 6. The molecule has 3 aromatic rings. The topological polar surface area (TPSA) is 45.9 Å². The molecule has 2 aromatic carbocycles. The standard InChI is InChI=1S/C25H27ClN2O3/c1-18-5-3-4-6-20(18)16-27-11-13-28(14-12-27)25(29)24-10-8-22(31-24)17-30-23-9-7-21(26)15-19(23)2/h3-10,15H,11-14,16-17H2,1-2H3. The molecular weight excluding hydrogens is 412 g/mol. The molecule has 1 aliphatic rings. The van der Waals surface area contributed by atoms with Gasteiger partial charge in [-0.15, -0.1) is 0 Å². The van der Waals surface area contributed by atoms with Crippen LogP contribution < -0.4 is 4.74 Å². The molecule has 1 amide bonds. The quantitative estimate of drug-likeness (QED) is 0.538. The molecule has 0 radical (unpaired) electrons. The zero-order valence-electron chi connectivity index (χ0n) is 17.9. The monoisotopic (exact) mass is 438 g/mol. The van der Waals surface area contributed by atoms with Gasteiger partial charge < -0.3 is 14.1 Å². The lowest BCUT2D eigenvalue weighted by molar-refractivity contribution is 0.0594. The summed E-state index contributed by atoms with van der Waals surface area (Å²) in [4.78, 5) is 17.1. The van der Waals surface area contributed by atoms with Crippen molar-refractivity contribution in [3.05, 3.63) is 87.8 Å². The number of piperazine rings is 1. The molecule has 1 aliphatic heterocycles. The lowest BCUT2D eigenvalue weighted by Crippen LogP contribution is -2.48. The molecular formula is C25H27ClN2O3. The molecule has 6 heteroatoms. The Balaban J connectivity index is 1.29. The molecule has 0 spiro atoms. The Bertz CT molecular complexity index is 1050. The molecule has 4 rings (SSSR count). The Morgan fingerprint density at radius 3 is 2.52 bits per heavy atom. The van der Waals surface area contributed by atoms with Crippen LogP contribution in [0.25, 0.3) is 0 Å². The van der Waals surface area contributed by atoms with E-state index in [1.54, 1.807) is 18.2 Å². The van der Waals surface area contributed by atoms with Gasteiger partial charge in [-0.3, -0.25) is 9.69 Å². The fourth-order valence-electron chi connectivity index (χ4n) is 3.79. The summed E-state index contributed by atoms with van der Waals surface area (Å²) in [6, 6.07) is 17.5. The number of benzene rings is 2. The van der Waals surface area contributed by atoms with E-state index in [9.17, 15) is 4.79 Å². The Morgan fingerprint density at radius 2 is 1.77 bits per heavy atom. The normalized spacial score (nSPS) is 14.6. The summed E-state index contributed by atoms with van der Waals surface area (Å²) < 4.78 is 11.6. The Kier molecular flexibility index (Phi) is 6.64. The number of carbonyl (C=O) groups is 1. The maximum absolute atomic E-state index is 12.9. The average molecular weight is 439 g/mol. The van der Waals surface area contributed by atoms with Crippen molar-refractivity contribution >= 4 is 17.5 Å². The number of nitrogens with zero attached hydrogens (tertiary/aromatic N) is 2.